The van der Waals surface area contributed by atoms with E-state index in [0.717, 1.165) is 5.56 Å². The summed E-state index contributed by atoms with van der Waals surface area (Å²) in [7, 11) is 0. The highest BCUT2D eigenvalue weighted by molar-refractivity contribution is 6.27. The minimum absolute atomic E-state index is 0.126. The Bertz CT molecular complexity index is 512. The van der Waals surface area contributed by atoms with Crippen molar-refractivity contribution >= 4 is 23.6 Å². The maximum Gasteiger partial charge on any atom is 0.410 e. The number of hydrogen-bond acceptors (Lipinski definition) is 4. The van der Waals surface area contributed by atoms with Crippen molar-refractivity contribution in [2.75, 3.05) is 19.0 Å². The molecule has 1 saturated heterocycles. The summed E-state index contributed by atoms with van der Waals surface area (Å²) < 4.78 is 5.22. The van der Waals surface area contributed by atoms with Crippen molar-refractivity contribution in [3.63, 3.8) is 0 Å². The van der Waals surface area contributed by atoms with Crippen molar-refractivity contribution in [1.82, 2.24) is 10.2 Å². The number of hydrogen-bond donors (Lipinski definition) is 2. The lowest BCUT2D eigenvalue weighted by Gasteiger charge is -2.35. The molecule has 1 aliphatic heterocycles. The average Bonchev–Trinajstić information content (AvgIpc) is 2.55. The molecule has 1 aromatic carbocycles. The first-order valence-corrected chi connectivity index (χ1v) is 7.62. The van der Waals surface area contributed by atoms with Gasteiger partial charge in [-0.25, -0.2) is 4.79 Å². The molecule has 2 atom stereocenters. The van der Waals surface area contributed by atoms with Crippen LogP contribution in [-0.2, 0) is 16.1 Å². The van der Waals surface area contributed by atoms with Crippen molar-refractivity contribution in [2.24, 2.45) is 0 Å². The van der Waals surface area contributed by atoms with Crippen LogP contribution in [-0.4, -0.2) is 53.1 Å². The molecule has 6 nitrogen and oxygen atoms in total. The molecule has 1 fully saturated rings. The fraction of sp³-hybridized carbons (Fsp3) is 0.467. The van der Waals surface area contributed by atoms with E-state index in [-0.39, 0.29) is 31.0 Å². The van der Waals surface area contributed by atoms with Crippen LogP contribution in [0.2, 0.25) is 0 Å². The first kappa shape index (κ1) is 16.6. The van der Waals surface area contributed by atoms with Gasteiger partial charge in [-0.2, -0.15) is 0 Å². The van der Waals surface area contributed by atoms with Gasteiger partial charge in [0.25, 0.3) is 0 Å². The van der Waals surface area contributed by atoms with Crippen LogP contribution in [0.5, 0.6) is 0 Å². The molecule has 1 aromatic rings. The number of aliphatic hydroxyl groups is 1. The van der Waals surface area contributed by atoms with Gasteiger partial charge >= 0.3 is 6.09 Å². The van der Waals surface area contributed by atoms with Gasteiger partial charge in [-0.15, -0.1) is 11.6 Å². The minimum atomic E-state index is -0.829. The summed E-state index contributed by atoms with van der Waals surface area (Å²) >= 11 is 5.42. The van der Waals surface area contributed by atoms with Crippen molar-refractivity contribution in [1.29, 1.82) is 0 Å². The van der Waals surface area contributed by atoms with Crippen LogP contribution in [0, 0.1) is 0 Å². The molecule has 0 saturated carbocycles. The molecule has 2 N–H and O–H groups in total. The summed E-state index contributed by atoms with van der Waals surface area (Å²) in [4.78, 5) is 24.7. The maximum absolute atomic E-state index is 12.0. The number of halogens is 1. The van der Waals surface area contributed by atoms with Gasteiger partial charge in [0, 0.05) is 6.54 Å². The number of alkyl halides is 1. The van der Waals surface area contributed by atoms with E-state index in [1.807, 2.05) is 30.3 Å². The first-order chi connectivity index (χ1) is 10.6. The lowest BCUT2D eigenvalue weighted by Crippen LogP contribution is -2.55. The summed E-state index contributed by atoms with van der Waals surface area (Å²) in [6.45, 7) is 0.734. The third-order valence-corrected chi connectivity index (χ3v) is 3.76. The largest absolute Gasteiger partial charge is 0.445 e. The zero-order valence-corrected chi connectivity index (χ0v) is 12.8. The predicted molar refractivity (Wildman–Crippen MR) is 81.5 cm³/mol. The van der Waals surface area contributed by atoms with Crippen molar-refractivity contribution in [2.45, 2.75) is 25.2 Å². The minimum Gasteiger partial charge on any atom is -0.445 e. The Hall–Kier alpha value is -1.79. The Kier molecular flexibility index (Phi) is 6.03. The first-order valence-electron chi connectivity index (χ1n) is 7.09. The van der Waals surface area contributed by atoms with Gasteiger partial charge in [-0.05, 0) is 12.0 Å². The van der Waals surface area contributed by atoms with Gasteiger partial charge in [0.1, 0.15) is 12.5 Å². The topological polar surface area (TPSA) is 78.9 Å². The standard InChI is InChI=1S/C15H19ClN2O4/c16-8-14(20)17-12-6-7-18(9-13(12)19)15(21)22-10-11-4-2-1-3-5-11/h1-5,12-13,19H,6-10H2,(H,17,20)/t12-,13-/m0/s1. The molecule has 22 heavy (non-hydrogen) atoms. The molecular weight excluding hydrogens is 308 g/mol. The number of carbonyl (C=O) groups excluding carboxylic acids is 2. The number of benzene rings is 1. The monoisotopic (exact) mass is 326 g/mol. The number of carbonyl (C=O) groups is 2. The van der Waals surface area contributed by atoms with Crippen LogP contribution in [0.15, 0.2) is 30.3 Å². The second kappa shape index (κ2) is 8.00. The number of likely N-dealkylation sites (tertiary alicyclic amines) is 1. The van der Waals surface area contributed by atoms with Crippen LogP contribution in [0.1, 0.15) is 12.0 Å². The molecule has 2 amide bonds. The summed E-state index contributed by atoms with van der Waals surface area (Å²) in [5.41, 5.74) is 0.903. The number of amides is 2. The van der Waals surface area contributed by atoms with E-state index >= 15 is 0 Å². The predicted octanol–water partition coefficient (Wildman–Crippen LogP) is 1.11. The highest BCUT2D eigenvalue weighted by Gasteiger charge is 2.31. The summed E-state index contributed by atoms with van der Waals surface area (Å²) in [6, 6.07) is 8.99. The fourth-order valence-corrected chi connectivity index (χ4v) is 2.40. The fourth-order valence-electron chi connectivity index (χ4n) is 2.32. The Labute approximate surface area is 134 Å². The van der Waals surface area contributed by atoms with Crippen LogP contribution < -0.4 is 5.32 Å². The molecule has 120 valence electrons. The third kappa shape index (κ3) is 4.61. The molecule has 0 aliphatic carbocycles. The van der Waals surface area contributed by atoms with E-state index in [4.69, 9.17) is 16.3 Å². The highest BCUT2D eigenvalue weighted by Crippen LogP contribution is 2.13. The molecule has 7 heteroatoms. The van der Waals surface area contributed by atoms with Crippen molar-refractivity contribution in [3.05, 3.63) is 35.9 Å². The van der Waals surface area contributed by atoms with Gasteiger partial charge in [0.2, 0.25) is 5.91 Å². The molecule has 0 aromatic heterocycles. The summed E-state index contributed by atoms with van der Waals surface area (Å²) in [5.74, 6) is -0.475. The van der Waals surface area contributed by atoms with Gasteiger partial charge in [-0.1, -0.05) is 30.3 Å². The van der Waals surface area contributed by atoms with Crippen molar-refractivity contribution < 1.29 is 19.4 Å². The van der Waals surface area contributed by atoms with Gasteiger partial charge in [0.05, 0.1) is 18.7 Å². The summed E-state index contributed by atoms with van der Waals surface area (Å²) in [5, 5.41) is 12.6. The van der Waals surface area contributed by atoms with Crippen LogP contribution in [0.4, 0.5) is 4.79 Å². The zero-order chi connectivity index (χ0) is 15.9. The highest BCUT2D eigenvalue weighted by atomic mass is 35.5. The number of piperidine rings is 1. The second-order valence-electron chi connectivity index (χ2n) is 5.15. The molecule has 0 spiro atoms. The third-order valence-electron chi connectivity index (χ3n) is 3.51. The lowest BCUT2D eigenvalue weighted by molar-refractivity contribution is -0.120. The molecule has 0 unspecified atom stereocenters. The number of nitrogens with one attached hydrogen (secondary N) is 1. The Morgan fingerprint density at radius 2 is 2.09 bits per heavy atom. The zero-order valence-electron chi connectivity index (χ0n) is 12.1. The second-order valence-corrected chi connectivity index (χ2v) is 5.42. The normalized spacial score (nSPS) is 21.3. The number of ether oxygens (including phenoxy) is 1. The number of β-amino-alcohol motifs (C(OH)–C–C–N with tert-alkyl or cyclic N) is 1. The van der Waals surface area contributed by atoms with Gasteiger partial charge in [-0.3, -0.25) is 4.79 Å². The molecule has 2 rings (SSSR count). The number of aliphatic hydroxyl groups excluding tert-OH is 1. The van der Waals surface area contributed by atoms with E-state index in [1.54, 1.807) is 0 Å². The molecule has 0 radical (unpaired) electrons. The van der Waals surface area contributed by atoms with Crippen LogP contribution in [0.3, 0.4) is 0 Å². The Morgan fingerprint density at radius 1 is 1.36 bits per heavy atom. The Balaban J connectivity index is 1.79. The number of nitrogens with zero attached hydrogens (tertiary/aromatic N) is 1. The smallest absolute Gasteiger partial charge is 0.410 e. The quantitative estimate of drug-likeness (QED) is 0.813. The van der Waals surface area contributed by atoms with Gasteiger partial charge < -0.3 is 20.1 Å². The van der Waals surface area contributed by atoms with E-state index < -0.39 is 12.2 Å². The van der Waals surface area contributed by atoms with Crippen molar-refractivity contribution in [3.8, 4) is 0 Å². The van der Waals surface area contributed by atoms with E-state index in [0.29, 0.717) is 13.0 Å². The van der Waals surface area contributed by atoms with E-state index in [1.165, 1.54) is 4.90 Å². The SMILES string of the molecule is O=C(CCl)N[C@H]1CCN(C(=O)OCc2ccccc2)C[C@@H]1O. The molecule has 0 bridgehead atoms. The van der Waals surface area contributed by atoms with E-state index in [2.05, 4.69) is 5.32 Å². The summed E-state index contributed by atoms with van der Waals surface area (Å²) in [6.07, 6.45) is -0.834. The number of rotatable bonds is 4. The van der Waals surface area contributed by atoms with E-state index in [9.17, 15) is 14.7 Å². The maximum atomic E-state index is 12.0. The molecule has 1 aliphatic rings. The molecule has 1 heterocycles. The van der Waals surface area contributed by atoms with Crippen LogP contribution in [0.25, 0.3) is 0 Å². The lowest BCUT2D eigenvalue weighted by atomic mass is 10.0. The van der Waals surface area contributed by atoms with Gasteiger partial charge in [0.15, 0.2) is 0 Å². The average molecular weight is 327 g/mol. The van der Waals surface area contributed by atoms with Crippen LogP contribution >= 0.6 is 11.6 Å². The Morgan fingerprint density at radius 3 is 2.73 bits per heavy atom. The molecular formula is C15H19ClN2O4.